The van der Waals surface area contributed by atoms with Gasteiger partial charge in [-0.3, -0.25) is 14.4 Å². The Kier molecular flexibility index (Phi) is 8.07. The number of amides is 2. The fourth-order valence-corrected chi connectivity index (χ4v) is 5.43. The lowest BCUT2D eigenvalue weighted by atomic mass is 9.96. The van der Waals surface area contributed by atoms with E-state index in [-0.39, 0.29) is 29.8 Å². The van der Waals surface area contributed by atoms with Crippen LogP contribution < -0.4 is 20.7 Å². The van der Waals surface area contributed by atoms with Gasteiger partial charge < -0.3 is 24.8 Å². The highest BCUT2D eigenvalue weighted by Crippen LogP contribution is 2.37. The molecule has 8 heteroatoms. The van der Waals surface area contributed by atoms with Gasteiger partial charge in [0.05, 0.1) is 13.2 Å². The highest BCUT2D eigenvalue weighted by molar-refractivity contribution is 6.03. The number of carbonyl (C=O) groups is 2. The molecule has 0 spiro atoms. The van der Waals surface area contributed by atoms with Gasteiger partial charge in [-0.2, -0.15) is 0 Å². The van der Waals surface area contributed by atoms with Crippen LogP contribution in [0, 0.1) is 26.7 Å². The third-order valence-corrected chi connectivity index (χ3v) is 7.92. The number of aromatic amines is 1. The quantitative estimate of drug-likeness (QED) is 0.437. The molecule has 8 nitrogen and oxygen atoms in total. The molecular weight excluding hydrogens is 504 g/mol. The van der Waals surface area contributed by atoms with E-state index in [1.807, 2.05) is 50.8 Å². The Morgan fingerprint density at radius 3 is 2.35 bits per heavy atom. The molecule has 1 saturated heterocycles. The molecule has 1 aliphatic carbocycles. The van der Waals surface area contributed by atoms with E-state index >= 15 is 0 Å². The van der Waals surface area contributed by atoms with E-state index in [4.69, 9.17) is 4.74 Å². The molecule has 210 valence electrons. The van der Waals surface area contributed by atoms with Gasteiger partial charge >= 0.3 is 0 Å². The molecule has 2 heterocycles. The number of nitrogens with zero attached hydrogens (tertiary/aromatic N) is 2. The summed E-state index contributed by atoms with van der Waals surface area (Å²) < 4.78 is 5.48. The first-order chi connectivity index (χ1) is 19.3. The van der Waals surface area contributed by atoms with E-state index in [0.717, 1.165) is 78.5 Å². The van der Waals surface area contributed by atoms with Gasteiger partial charge in [-0.15, -0.1) is 0 Å². The molecular formula is C32H38N4O4. The van der Waals surface area contributed by atoms with Crippen molar-refractivity contribution < 1.29 is 14.3 Å². The maximum Gasteiger partial charge on any atom is 0.253 e. The monoisotopic (exact) mass is 542 g/mol. The molecule has 1 aliphatic heterocycles. The Hall–Kier alpha value is -3.91. The van der Waals surface area contributed by atoms with E-state index in [1.54, 1.807) is 0 Å². The van der Waals surface area contributed by atoms with Crippen LogP contribution in [0.25, 0.3) is 11.1 Å². The lowest BCUT2D eigenvalue weighted by Gasteiger charge is -2.29. The molecule has 0 bridgehead atoms. The topological polar surface area (TPSA) is 94.7 Å². The third kappa shape index (κ3) is 5.82. The first kappa shape index (κ1) is 27.6. The Labute approximate surface area is 235 Å². The van der Waals surface area contributed by atoms with Crippen molar-refractivity contribution in [2.75, 3.05) is 42.6 Å². The molecule has 5 rings (SSSR count). The summed E-state index contributed by atoms with van der Waals surface area (Å²) in [6.07, 6.45) is 1.82. The Morgan fingerprint density at radius 2 is 1.73 bits per heavy atom. The van der Waals surface area contributed by atoms with Crippen LogP contribution in [0.4, 0.5) is 11.4 Å². The van der Waals surface area contributed by atoms with Gasteiger partial charge in [-0.1, -0.05) is 12.1 Å². The first-order valence-corrected chi connectivity index (χ1v) is 14.1. The molecule has 0 unspecified atom stereocenters. The van der Waals surface area contributed by atoms with Crippen molar-refractivity contribution in [2.45, 2.75) is 47.1 Å². The molecule has 2 aromatic carbocycles. The Balaban J connectivity index is 1.49. The highest BCUT2D eigenvalue weighted by Gasteiger charge is 2.34. The van der Waals surface area contributed by atoms with Crippen LogP contribution >= 0.6 is 0 Å². The number of pyridine rings is 1. The number of morpholine rings is 1. The highest BCUT2D eigenvalue weighted by atomic mass is 16.5. The Morgan fingerprint density at radius 1 is 1.02 bits per heavy atom. The maximum atomic E-state index is 13.6. The average molecular weight is 543 g/mol. The molecule has 3 aromatic rings. The SMILES string of the molecule is CCN(C(=O)C1CC1)c1cc(-c2ccc(N3CCOCC3)cc2)cc(C(=O)NCc2c(C)cc(C)[nH]c2=O)c1C. The van der Waals surface area contributed by atoms with Crippen LogP contribution in [-0.4, -0.2) is 49.6 Å². The standard InChI is InChI=1S/C32H38N4O4/c1-5-36(32(39)24-6-7-24)29-18-25(23-8-10-26(11-9-23)35-12-14-40-15-13-35)17-27(22(29)4)30(37)33-19-28-20(2)16-21(3)34-31(28)38/h8-11,16-18,24H,5-7,12-15,19H2,1-4H3,(H,33,37)(H,34,38). The summed E-state index contributed by atoms with van der Waals surface area (Å²) in [5.41, 5.74) is 6.91. The zero-order chi connectivity index (χ0) is 28.4. The second kappa shape index (κ2) is 11.7. The number of hydrogen-bond acceptors (Lipinski definition) is 5. The zero-order valence-electron chi connectivity index (χ0n) is 23.8. The minimum absolute atomic E-state index is 0.0596. The van der Waals surface area contributed by atoms with Crippen LogP contribution in [0.3, 0.4) is 0 Å². The van der Waals surface area contributed by atoms with Crippen molar-refractivity contribution in [3.05, 3.63) is 80.8 Å². The molecule has 1 saturated carbocycles. The van der Waals surface area contributed by atoms with E-state index in [1.165, 1.54) is 0 Å². The fourth-order valence-electron chi connectivity index (χ4n) is 5.43. The minimum atomic E-state index is -0.278. The molecule has 0 atom stereocenters. The lowest BCUT2D eigenvalue weighted by Crippen LogP contribution is -2.36. The van der Waals surface area contributed by atoms with Crippen molar-refractivity contribution >= 4 is 23.2 Å². The van der Waals surface area contributed by atoms with Crippen molar-refractivity contribution in [3.8, 4) is 11.1 Å². The normalized spacial score (nSPS) is 15.2. The van der Waals surface area contributed by atoms with Crippen molar-refractivity contribution in [1.29, 1.82) is 0 Å². The summed E-state index contributed by atoms with van der Waals surface area (Å²) >= 11 is 0. The molecule has 2 fully saturated rings. The number of aromatic nitrogens is 1. The van der Waals surface area contributed by atoms with Crippen LogP contribution in [-0.2, 0) is 16.1 Å². The number of ether oxygens (including phenoxy) is 1. The summed E-state index contributed by atoms with van der Waals surface area (Å²) in [6.45, 7) is 11.4. The van der Waals surface area contributed by atoms with E-state index < -0.39 is 0 Å². The van der Waals surface area contributed by atoms with Crippen molar-refractivity contribution in [1.82, 2.24) is 10.3 Å². The third-order valence-electron chi connectivity index (χ3n) is 7.92. The predicted molar refractivity (Wildman–Crippen MR) is 158 cm³/mol. The molecule has 2 aliphatic rings. The van der Waals surface area contributed by atoms with Crippen molar-refractivity contribution in [3.63, 3.8) is 0 Å². The molecule has 2 amide bonds. The molecule has 2 N–H and O–H groups in total. The maximum absolute atomic E-state index is 13.6. The Bertz CT molecular complexity index is 1470. The van der Waals surface area contributed by atoms with Gasteiger partial charge in [0.15, 0.2) is 0 Å². The second-order valence-corrected chi connectivity index (χ2v) is 10.8. The number of benzene rings is 2. The summed E-state index contributed by atoms with van der Waals surface area (Å²) in [5.74, 6) is -0.109. The van der Waals surface area contributed by atoms with Gasteiger partial charge in [0.1, 0.15) is 0 Å². The van der Waals surface area contributed by atoms with Gasteiger partial charge in [0, 0.05) is 60.3 Å². The predicted octanol–water partition coefficient (Wildman–Crippen LogP) is 4.50. The van der Waals surface area contributed by atoms with Gasteiger partial charge in [-0.05, 0) is 93.1 Å². The fraction of sp³-hybridized carbons (Fsp3) is 0.406. The molecule has 0 radical (unpaired) electrons. The average Bonchev–Trinajstić information content (AvgIpc) is 3.80. The van der Waals surface area contributed by atoms with Crippen LogP contribution in [0.2, 0.25) is 0 Å². The number of nitrogens with one attached hydrogen (secondary N) is 2. The number of carbonyl (C=O) groups excluding carboxylic acids is 2. The minimum Gasteiger partial charge on any atom is -0.378 e. The summed E-state index contributed by atoms with van der Waals surface area (Å²) in [6, 6.07) is 14.1. The zero-order valence-corrected chi connectivity index (χ0v) is 23.8. The van der Waals surface area contributed by atoms with Crippen LogP contribution in [0.5, 0.6) is 0 Å². The number of hydrogen-bond donors (Lipinski definition) is 2. The first-order valence-electron chi connectivity index (χ1n) is 14.1. The van der Waals surface area contributed by atoms with Gasteiger partial charge in [-0.25, -0.2) is 0 Å². The van der Waals surface area contributed by atoms with E-state index in [0.29, 0.717) is 17.7 Å². The van der Waals surface area contributed by atoms with E-state index in [2.05, 4.69) is 39.5 Å². The second-order valence-electron chi connectivity index (χ2n) is 10.8. The number of H-pyrrole nitrogens is 1. The summed E-state index contributed by atoms with van der Waals surface area (Å²) in [7, 11) is 0. The molecule has 40 heavy (non-hydrogen) atoms. The van der Waals surface area contributed by atoms with Crippen LogP contribution in [0.15, 0.2) is 47.3 Å². The molecule has 1 aromatic heterocycles. The smallest absolute Gasteiger partial charge is 0.253 e. The lowest BCUT2D eigenvalue weighted by molar-refractivity contribution is -0.119. The van der Waals surface area contributed by atoms with E-state index in [9.17, 15) is 14.4 Å². The summed E-state index contributed by atoms with van der Waals surface area (Å²) in [4.78, 5) is 46.3. The summed E-state index contributed by atoms with van der Waals surface area (Å²) in [5, 5.41) is 2.96. The van der Waals surface area contributed by atoms with Gasteiger partial charge in [0.25, 0.3) is 11.5 Å². The number of anilines is 2. The number of aryl methyl sites for hydroxylation is 2. The largest absolute Gasteiger partial charge is 0.378 e. The van der Waals surface area contributed by atoms with Crippen LogP contribution in [0.1, 0.15) is 52.5 Å². The number of rotatable bonds is 8. The van der Waals surface area contributed by atoms with Gasteiger partial charge in [0.2, 0.25) is 5.91 Å². The van der Waals surface area contributed by atoms with Crippen molar-refractivity contribution in [2.24, 2.45) is 5.92 Å².